The van der Waals surface area contributed by atoms with E-state index in [0.717, 1.165) is 23.9 Å². The molecule has 212 valence electrons. The first-order valence-electron chi connectivity index (χ1n) is 12.8. The highest BCUT2D eigenvalue weighted by Crippen LogP contribution is 2.53. The number of ketones is 1. The zero-order valence-electron chi connectivity index (χ0n) is 21.5. The third kappa shape index (κ3) is 4.48. The molecule has 6 nitrogen and oxygen atoms in total. The average molecular weight is 599 g/mol. The van der Waals surface area contributed by atoms with E-state index in [4.69, 9.17) is 11.6 Å². The maximum Gasteiger partial charge on any atom is 0.417 e. The number of thioether (sulfide) groups is 1. The van der Waals surface area contributed by atoms with Crippen LogP contribution in [0.5, 0.6) is 0 Å². The number of alkyl halides is 3. The molecule has 3 aromatic rings. The van der Waals surface area contributed by atoms with Crippen LogP contribution in [-0.4, -0.2) is 46.3 Å². The minimum absolute atomic E-state index is 0.00298. The molecule has 6 rings (SSSR count). The summed E-state index contributed by atoms with van der Waals surface area (Å²) in [4.78, 5) is 31.7. The number of nitrogens with zero attached hydrogens (tertiary/aromatic N) is 3. The Balaban J connectivity index is 1.72. The summed E-state index contributed by atoms with van der Waals surface area (Å²) < 4.78 is 74.9. The molecule has 2 atom stereocenters. The van der Waals surface area contributed by atoms with Gasteiger partial charge in [-0.25, -0.2) is 13.6 Å². The molecule has 1 spiro atoms. The Morgan fingerprint density at radius 2 is 1.75 bits per heavy atom. The van der Waals surface area contributed by atoms with Crippen molar-refractivity contribution < 1.29 is 26.7 Å². The number of carbonyl (C=O) groups excluding carboxylic acids is 1. The maximum atomic E-state index is 15.2. The number of nitrogens with one attached hydrogen (secondary N) is 1. The number of piperazine rings is 1. The van der Waals surface area contributed by atoms with Gasteiger partial charge < -0.3 is 10.2 Å². The van der Waals surface area contributed by atoms with Gasteiger partial charge in [-0.2, -0.15) is 18.2 Å². The van der Waals surface area contributed by atoms with E-state index in [9.17, 15) is 27.2 Å². The third-order valence-corrected chi connectivity index (χ3v) is 9.53. The van der Waals surface area contributed by atoms with Crippen LogP contribution in [0.15, 0.2) is 27.9 Å². The number of halogens is 6. The normalized spacial score (nSPS) is 22.5. The second-order valence-electron chi connectivity index (χ2n) is 11.1. The summed E-state index contributed by atoms with van der Waals surface area (Å²) in [5.74, 6) is -1.97. The van der Waals surface area contributed by atoms with E-state index < -0.39 is 50.6 Å². The quantitative estimate of drug-likeness (QED) is 0.304. The monoisotopic (exact) mass is 598 g/mol. The lowest BCUT2D eigenvalue weighted by molar-refractivity contribution is -0.137. The maximum absolute atomic E-state index is 15.2. The van der Waals surface area contributed by atoms with E-state index in [0.29, 0.717) is 19.2 Å². The average Bonchev–Trinajstić information content (AvgIpc) is 3.01. The van der Waals surface area contributed by atoms with Crippen LogP contribution >= 0.6 is 23.4 Å². The first kappa shape index (κ1) is 27.5. The van der Waals surface area contributed by atoms with Gasteiger partial charge in [-0.3, -0.25) is 9.36 Å². The number of benzene rings is 2. The van der Waals surface area contributed by atoms with Crippen molar-refractivity contribution in [3.8, 4) is 11.1 Å². The highest BCUT2D eigenvalue weighted by atomic mass is 35.5. The van der Waals surface area contributed by atoms with Crippen LogP contribution in [0.3, 0.4) is 0 Å². The van der Waals surface area contributed by atoms with Crippen LogP contribution < -0.4 is 15.9 Å². The molecule has 3 heterocycles. The molecule has 0 amide bonds. The van der Waals surface area contributed by atoms with Crippen molar-refractivity contribution in [1.82, 2.24) is 14.9 Å². The van der Waals surface area contributed by atoms with Crippen LogP contribution in [0.25, 0.3) is 22.0 Å². The Hall–Kier alpha value is -2.70. The standard InChI is InChI=1S/C27H24ClF5N4O2S/c1-12-8-36(9-13(2)34-12)24-16-3-17(27(31,32)33)21(15-4-18(28)20(30)5-19(15)29)23-22(16)37(25(39)35-24)10-26(11-40-23)6-14(38)7-26/h3-5,12-13,34H,6-11H2,1-2H3. The lowest BCUT2D eigenvalue weighted by Crippen LogP contribution is -2.55. The minimum atomic E-state index is -4.94. The summed E-state index contributed by atoms with van der Waals surface area (Å²) in [5, 5.41) is 2.93. The number of anilines is 1. The van der Waals surface area contributed by atoms with E-state index in [2.05, 4.69) is 10.3 Å². The fraction of sp³-hybridized carbons (Fsp3) is 0.444. The molecule has 2 fully saturated rings. The number of rotatable bonds is 2. The minimum Gasteiger partial charge on any atom is -0.353 e. The fourth-order valence-corrected chi connectivity index (χ4v) is 7.86. The number of carbonyl (C=O) groups is 1. The second kappa shape index (κ2) is 9.42. The van der Waals surface area contributed by atoms with Crippen molar-refractivity contribution in [3.63, 3.8) is 0 Å². The molecule has 2 aromatic carbocycles. The SMILES string of the molecule is CC1CN(c2nc(=O)n3c4c(c(-c5cc(Cl)c(F)cc5F)c(C(F)(F)F)cc24)SCC2(CC(=O)C2)C3)CC(C)N1. The molecule has 1 aliphatic carbocycles. The van der Waals surface area contributed by atoms with Gasteiger partial charge in [0.1, 0.15) is 23.2 Å². The van der Waals surface area contributed by atoms with Crippen LogP contribution in [0.2, 0.25) is 5.02 Å². The van der Waals surface area contributed by atoms with Crippen LogP contribution in [-0.2, 0) is 17.5 Å². The lowest BCUT2D eigenvalue weighted by atomic mass is 9.69. The van der Waals surface area contributed by atoms with E-state index in [1.54, 1.807) is 4.90 Å². The molecule has 1 N–H and O–H groups in total. The first-order valence-corrected chi connectivity index (χ1v) is 14.1. The van der Waals surface area contributed by atoms with E-state index in [-0.39, 0.29) is 64.6 Å². The summed E-state index contributed by atoms with van der Waals surface area (Å²) in [7, 11) is 0. The fourth-order valence-electron chi connectivity index (χ4n) is 6.23. The van der Waals surface area contributed by atoms with Crippen molar-refractivity contribution in [2.24, 2.45) is 5.41 Å². The Labute approximate surface area is 234 Å². The van der Waals surface area contributed by atoms with Crippen molar-refractivity contribution in [1.29, 1.82) is 0 Å². The summed E-state index contributed by atoms with van der Waals surface area (Å²) >= 11 is 6.97. The molecule has 1 saturated heterocycles. The number of aromatic nitrogens is 2. The topological polar surface area (TPSA) is 67.2 Å². The van der Waals surface area contributed by atoms with Gasteiger partial charge in [0.05, 0.1) is 16.1 Å². The molecule has 3 aliphatic rings. The molecular formula is C27H24ClF5N4O2S. The van der Waals surface area contributed by atoms with Gasteiger partial charge >= 0.3 is 11.9 Å². The molecule has 40 heavy (non-hydrogen) atoms. The zero-order chi connectivity index (χ0) is 28.7. The molecule has 1 aromatic heterocycles. The van der Waals surface area contributed by atoms with Crippen molar-refractivity contribution >= 4 is 45.9 Å². The predicted molar refractivity (Wildman–Crippen MR) is 143 cm³/mol. The second-order valence-corrected chi connectivity index (χ2v) is 12.5. The Bertz CT molecular complexity index is 1620. The van der Waals surface area contributed by atoms with Crippen LogP contribution in [0.4, 0.5) is 27.8 Å². The molecule has 13 heteroatoms. The molecule has 0 bridgehead atoms. The van der Waals surface area contributed by atoms with Gasteiger partial charge in [0.2, 0.25) is 0 Å². The largest absolute Gasteiger partial charge is 0.417 e. The van der Waals surface area contributed by atoms with Crippen molar-refractivity contribution in [2.45, 2.75) is 56.4 Å². The van der Waals surface area contributed by atoms with E-state index in [1.165, 1.54) is 4.57 Å². The predicted octanol–water partition coefficient (Wildman–Crippen LogP) is 5.66. The third-order valence-electron chi connectivity index (χ3n) is 7.80. The van der Waals surface area contributed by atoms with E-state index in [1.807, 2.05) is 13.8 Å². The van der Waals surface area contributed by atoms with Gasteiger partial charge in [0, 0.05) is 83.2 Å². The summed E-state index contributed by atoms with van der Waals surface area (Å²) in [6, 6.07) is 2.17. The summed E-state index contributed by atoms with van der Waals surface area (Å²) in [6.45, 7) is 4.76. The van der Waals surface area contributed by atoms with E-state index >= 15 is 4.39 Å². The highest BCUT2D eigenvalue weighted by Gasteiger charge is 2.47. The summed E-state index contributed by atoms with van der Waals surface area (Å²) in [6.07, 6.45) is -4.59. The van der Waals surface area contributed by atoms with Crippen LogP contribution in [0, 0.1) is 17.0 Å². The smallest absolute Gasteiger partial charge is 0.353 e. The van der Waals surface area contributed by atoms with Gasteiger partial charge in [-0.05, 0) is 26.0 Å². The first-order chi connectivity index (χ1) is 18.8. The molecular weight excluding hydrogens is 575 g/mol. The van der Waals surface area contributed by atoms with Gasteiger partial charge in [0.25, 0.3) is 0 Å². The molecule has 2 unspecified atom stereocenters. The van der Waals surface area contributed by atoms with Crippen LogP contribution in [0.1, 0.15) is 32.3 Å². The summed E-state index contributed by atoms with van der Waals surface area (Å²) in [5.41, 5.74) is -3.29. The Morgan fingerprint density at radius 1 is 1.07 bits per heavy atom. The highest BCUT2D eigenvalue weighted by molar-refractivity contribution is 7.99. The molecule has 2 aliphatic heterocycles. The number of hydrogen-bond donors (Lipinski definition) is 1. The zero-order valence-corrected chi connectivity index (χ0v) is 23.0. The molecule has 1 saturated carbocycles. The van der Waals surface area contributed by atoms with Crippen molar-refractivity contribution in [2.75, 3.05) is 23.7 Å². The molecule has 0 radical (unpaired) electrons. The Morgan fingerprint density at radius 3 is 2.38 bits per heavy atom. The van der Waals surface area contributed by atoms with Gasteiger partial charge in [-0.15, -0.1) is 11.8 Å². The Kier molecular flexibility index (Phi) is 6.47. The number of hydrogen-bond acceptors (Lipinski definition) is 6. The van der Waals surface area contributed by atoms with Gasteiger partial charge in [0.15, 0.2) is 0 Å². The lowest BCUT2D eigenvalue weighted by Gasteiger charge is -2.39. The van der Waals surface area contributed by atoms with Crippen molar-refractivity contribution in [3.05, 3.63) is 50.9 Å². The van der Waals surface area contributed by atoms with Gasteiger partial charge in [-0.1, -0.05) is 11.6 Å². The number of Topliss-reactive ketones (excluding diaryl/α,β-unsaturated/α-hetero) is 1.